The molecule has 0 aliphatic carbocycles. The molecule has 4 bridgehead atoms. The van der Waals surface area contributed by atoms with Crippen LogP contribution < -0.4 is 29.6 Å². The average molecular weight is 629 g/mol. The van der Waals surface area contributed by atoms with Crippen LogP contribution in [-0.2, 0) is 17.8 Å². The summed E-state index contributed by atoms with van der Waals surface area (Å²) in [6, 6.07) is 19.4. The number of hydrogen-bond acceptors (Lipinski definition) is 9. The first kappa shape index (κ1) is 29.9. The molecule has 0 spiro atoms. The Morgan fingerprint density at radius 3 is 2.67 bits per heavy atom. The van der Waals surface area contributed by atoms with Gasteiger partial charge in [0.1, 0.15) is 34.8 Å². The number of nitrogens with one attached hydrogen (secondary N) is 2. The number of amides is 3. The fraction of sp³-hybridized carbons (Fsp3) is 0.273. The predicted molar refractivity (Wildman–Crippen MR) is 166 cm³/mol. The number of carbonyl (C=O) groups excluding carboxylic acids is 3. The van der Waals surface area contributed by atoms with Gasteiger partial charge in [-0.15, -0.1) is 11.3 Å². The van der Waals surface area contributed by atoms with Crippen molar-refractivity contribution in [2.45, 2.75) is 25.1 Å². The number of methoxy groups -OCH3 is 2. The summed E-state index contributed by atoms with van der Waals surface area (Å²) in [6.07, 6.45) is 0.0596. The van der Waals surface area contributed by atoms with E-state index in [0.717, 1.165) is 16.1 Å². The molecule has 0 unspecified atom stereocenters. The monoisotopic (exact) mass is 628 g/mol. The molecule has 1 fully saturated rings. The molecule has 3 amide bonds. The highest BCUT2D eigenvalue weighted by molar-refractivity contribution is 7.09. The lowest BCUT2D eigenvalue weighted by atomic mass is 10.1. The van der Waals surface area contributed by atoms with E-state index in [-0.39, 0.29) is 43.6 Å². The highest BCUT2D eigenvalue weighted by atomic mass is 32.1. The van der Waals surface area contributed by atoms with Crippen LogP contribution in [0.5, 0.6) is 23.0 Å². The maximum absolute atomic E-state index is 13.6. The van der Waals surface area contributed by atoms with E-state index in [1.165, 1.54) is 25.6 Å². The van der Waals surface area contributed by atoms with Crippen LogP contribution in [0.25, 0.3) is 0 Å². The van der Waals surface area contributed by atoms with Gasteiger partial charge in [0.25, 0.3) is 17.7 Å². The Labute approximate surface area is 264 Å². The van der Waals surface area contributed by atoms with Gasteiger partial charge in [-0.25, -0.2) is 4.98 Å². The third-order valence-electron chi connectivity index (χ3n) is 7.61. The summed E-state index contributed by atoms with van der Waals surface area (Å²) in [7, 11) is 3.02. The summed E-state index contributed by atoms with van der Waals surface area (Å²) < 4.78 is 23.0. The molecule has 45 heavy (non-hydrogen) atoms. The SMILES string of the molecule is COc1cc2cc(c1)C(=O)N[C@H]1CN(C(=O)c3csc(Cc4ccccc4)n3)C[C@@H]1Oc1ccc(c(OC)c1)CNC(=O)CO2. The van der Waals surface area contributed by atoms with Gasteiger partial charge in [0.2, 0.25) is 0 Å². The van der Waals surface area contributed by atoms with E-state index < -0.39 is 18.1 Å². The van der Waals surface area contributed by atoms with Crippen molar-refractivity contribution in [2.75, 3.05) is 33.9 Å². The second-order valence-corrected chi connectivity index (χ2v) is 11.6. The van der Waals surface area contributed by atoms with Crippen LogP contribution in [0.1, 0.15) is 37.0 Å². The third kappa shape index (κ3) is 7.01. The number of thiazole rings is 1. The zero-order chi connectivity index (χ0) is 31.3. The second-order valence-electron chi connectivity index (χ2n) is 10.7. The molecule has 7 rings (SSSR count). The molecular formula is C33H32N4O7S. The molecule has 3 aromatic carbocycles. The quantitative estimate of drug-likeness (QED) is 0.344. The normalized spacial score (nSPS) is 18.1. The molecule has 11 nitrogen and oxygen atoms in total. The van der Waals surface area contributed by atoms with Crippen molar-refractivity contribution >= 4 is 29.1 Å². The number of hydrogen-bond donors (Lipinski definition) is 2. The van der Waals surface area contributed by atoms with Gasteiger partial charge in [0.15, 0.2) is 6.61 Å². The zero-order valence-corrected chi connectivity index (χ0v) is 25.6. The summed E-state index contributed by atoms with van der Waals surface area (Å²) in [5, 5.41) is 8.47. The van der Waals surface area contributed by atoms with E-state index in [2.05, 4.69) is 15.6 Å². The second kappa shape index (κ2) is 13.3. The first-order valence-corrected chi connectivity index (χ1v) is 15.3. The van der Waals surface area contributed by atoms with Crippen LogP contribution in [0.3, 0.4) is 0 Å². The van der Waals surface area contributed by atoms with Gasteiger partial charge in [-0.1, -0.05) is 30.3 Å². The van der Waals surface area contributed by atoms with Gasteiger partial charge >= 0.3 is 0 Å². The summed E-state index contributed by atoms with van der Waals surface area (Å²) in [5.74, 6) is 0.716. The molecule has 3 aliphatic heterocycles. The molecule has 1 aromatic heterocycles. The van der Waals surface area contributed by atoms with Gasteiger partial charge < -0.3 is 34.5 Å². The smallest absolute Gasteiger partial charge is 0.273 e. The largest absolute Gasteiger partial charge is 0.497 e. The molecule has 0 radical (unpaired) electrons. The minimum absolute atomic E-state index is 0.210. The minimum atomic E-state index is -0.576. The number of aromatic nitrogens is 1. The average Bonchev–Trinajstić information content (AvgIpc) is 3.69. The van der Waals surface area contributed by atoms with Crippen LogP contribution in [0.4, 0.5) is 0 Å². The summed E-state index contributed by atoms with van der Waals surface area (Å²) in [4.78, 5) is 46.0. The topological polar surface area (TPSA) is 128 Å². The Balaban J connectivity index is 1.28. The molecular weight excluding hydrogens is 596 g/mol. The highest BCUT2D eigenvalue weighted by Crippen LogP contribution is 2.29. The van der Waals surface area contributed by atoms with E-state index in [4.69, 9.17) is 18.9 Å². The molecule has 3 aliphatic rings. The molecule has 0 saturated carbocycles. The lowest BCUT2D eigenvalue weighted by Crippen LogP contribution is -2.45. The number of fused-ring (bicyclic) bond motifs is 7. The van der Waals surface area contributed by atoms with E-state index in [1.54, 1.807) is 46.7 Å². The van der Waals surface area contributed by atoms with Crippen molar-refractivity contribution in [2.24, 2.45) is 0 Å². The summed E-state index contributed by atoms with van der Waals surface area (Å²) in [6.45, 7) is 0.385. The number of benzene rings is 3. The number of rotatable bonds is 5. The first-order chi connectivity index (χ1) is 21.9. The molecule has 232 valence electrons. The number of likely N-dealkylation sites (tertiary alicyclic amines) is 1. The maximum Gasteiger partial charge on any atom is 0.273 e. The minimum Gasteiger partial charge on any atom is -0.497 e. The fourth-order valence-electron chi connectivity index (χ4n) is 5.29. The third-order valence-corrected chi connectivity index (χ3v) is 8.46. The summed E-state index contributed by atoms with van der Waals surface area (Å²) >= 11 is 1.44. The van der Waals surface area contributed by atoms with Crippen molar-refractivity contribution in [3.63, 3.8) is 0 Å². The van der Waals surface area contributed by atoms with Crippen molar-refractivity contribution in [1.29, 1.82) is 0 Å². The van der Waals surface area contributed by atoms with E-state index >= 15 is 0 Å². The maximum atomic E-state index is 13.6. The molecule has 12 heteroatoms. The van der Waals surface area contributed by atoms with Gasteiger partial charge in [0.05, 0.1) is 31.8 Å². The van der Waals surface area contributed by atoms with Gasteiger partial charge in [-0.05, 0) is 29.8 Å². The van der Waals surface area contributed by atoms with Crippen molar-refractivity contribution in [1.82, 2.24) is 20.5 Å². The highest BCUT2D eigenvalue weighted by Gasteiger charge is 2.39. The van der Waals surface area contributed by atoms with E-state index in [0.29, 0.717) is 35.1 Å². The Bertz CT molecular complexity index is 1710. The van der Waals surface area contributed by atoms with Crippen LogP contribution in [0, 0.1) is 0 Å². The van der Waals surface area contributed by atoms with E-state index in [1.807, 2.05) is 30.3 Å². The van der Waals surface area contributed by atoms with Crippen LogP contribution >= 0.6 is 11.3 Å². The lowest BCUT2D eigenvalue weighted by Gasteiger charge is -2.22. The van der Waals surface area contributed by atoms with Crippen molar-refractivity contribution < 1.29 is 33.3 Å². The van der Waals surface area contributed by atoms with Gasteiger partial charge in [-0.2, -0.15) is 0 Å². The van der Waals surface area contributed by atoms with Gasteiger partial charge in [-0.3, -0.25) is 14.4 Å². The van der Waals surface area contributed by atoms with Gasteiger partial charge in [0, 0.05) is 48.2 Å². The lowest BCUT2D eigenvalue weighted by molar-refractivity contribution is -0.123. The number of ether oxygens (including phenoxy) is 4. The first-order valence-electron chi connectivity index (χ1n) is 14.4. The van der Waals surface area contributed by atoms with Crippen LogP contribution in [0.15, 0.2) is 72.1 Å². The Morgan fingerprint density at radius 2 is 1.87 bits per heavy atom. The van der Waals surface area contributed by atoms with Crippen molar-refractivity contribution in [3.8, 4) is 23.0 Å². The fourth-order valence-corrected chi connectivity index (χ4v) is 6.09. The van der Waals surface area contributed by atoms with Crippen LogP contribution in [0.2, 0.25) is 0 Å². The molecule has 1 saturated heterocycles. The molecule has 2 N–H and O–H groups in total. The van der Waals surface area contributed by atoms with Crippen molar-refractivity contribution in [3.05, 3.63) is 99.5 Å². The number of nitrogens with zero attached hydrogens (tertiary/aromatic N) is 2. The molecule has 4 aromatic rings. The summed E-state index contributed by atoms with van der Waals surface area (Å²) in [5.41, 5.74) is 2.49. The van der Waals surface area contributed by atoms with E-state index in [9.17, 15) is 14.4 Å². The molecule has 2 atom stereocenters. The Kier molecular flexibility index (Phi) is 8.83. The Hall–Kier alpha value is -5.10. The standard InChI is InChI=1S/C33H32N4O7S/c1-41-24-11-22-12-25(13-24)43-18-30(38)34-15-21-8-9-23(14-28(21)42-2)44-29-17-37(16-26(29)36-32(22)39)33(40)27-19-45-31(35-27)10-20-6-4-3-5-7-20/h3-9,11-14,19,26,29H,10,15-18H2,1-2H3,(H,34,38)(H,36,39)/t26-,29-/m0/s1. The molecule has 4 heterocycles. The predicted octanol–water partition coefficient (Wildman–Crippen LogP) is 3.46. The number of carbonyl (C=O) groups is 3. The Morgan fingerprint density at radius 1 is 1.02 bits per heavy atom. The van der Waals surface area contributed by atoms with Crippen LogP contribution in [-0.4, -0.2) is 73.7 Å². The zero-order valence-electron chi connectivity index (χ0n) is 24.8.